The van der Waals surface area contributed by atoms with E-state index in [-0.39, 0.29) is 11.6 Å². The topological polar surface area (TPSA) is 65.1 Å². The lowest BCUT2D eigenvalue weighted by Crippen LogP contribution is -2.45. The monoisotopic (exact) mass is 627 g/mol. The molecule has 3 rings (SSSR count). The first-order valence-corrected chi connectivity index (χ1v) is 18.0. The van der Waals surface area contributed by atoms with Gasteiger partial charge in [-0.3, -0.25) is 4.90 Å². The summed E-state index contributed by atoms with van der Waals surface area (Å²) in [7, 11) is 0. The van der Waals surface area contributed by atoms with Crippen molar-refractivity contribution >= 4 is 12.1 Å². The molecule has 1 amide bonds. The van der Waals surface area contributed by atoms with E-state index < -0.39 is 17.7 Å². The molecule has 0 unspecified atom stereocenters. The summed E-state index contributed by atoms with van der Waals surface area (Å²) in [5.74, 6) is 3.61. The number of esters is 1. The van der Waals surface area contributed by atoms with E-state index in [0.29, 0.717) is 18.7 Å². The van der Waals surface area contributed by atoms with Crippen LogP contribution < -0.4 is 9.47 Å². The van der Waals surface area contributed by atoms with Gasteiger partial charge in [0, 0.05) is 12.1 Å². The van der Waals surface area contributed by atoms with E-state index in [1.807, 2.05) is 34.6 Å². The van der Waals surface area contributed by atoms with E-state index in [0.717, 1.165) is 71.4 Å². The van der Waals surface area contributed by atoms with Gasteiger partial charge in [-0.25, -0.2) is 9.59 Å². The molecule has 0 bridgehead atoms. The fraction of sp³-hybridized carbons (Fsp3) is 0.795. The third kappa shape index (κ3) is 10.6. The van der Waals surface area contributed by atoms with Crippen molar-refractivity contribution in [3.8, 4) is 11.5 Å². The Hall–Kier alpha value is -2.24. The predicted molar refractivity (Wildman–Crippen MR) is 184 cm³/mol. The fourth-order valence-corrected chi connectivity index (χ4v) is 7.13. The number of carbonyl (C=O) groups excluding carboxylic acids is 2. The fourth-order valence-electron chi connectivity index (χ4n) is 7.13. The number of hydrogen-bond acceptors (Lipinski definition) is 5. The van der Waals surface area contributed by atoms with Gasteiger partial charge in [0.05, 0.1) is 0 Å². The quantitative estimate of drug-likeness (QED) is 0.152. The Kier molecular flexibility index (Phi) is 13.3. The molecular weight excluding hydrogens is 562 g/mol. The minimum Gasteiger partial charge on any atom is -0.487 e. The summed E-state index contributed by atoms with van der Waals surface area (Å²) in [6.45, 7) is 23.9. The van der Waals surface area contributed by atoms with E-state index in [4.69, 9.17) is 14.2 Å². The lowest BCUT2D eigenvalue weighted by molar-refractivity contribution is -0.139. The van der Waals surface area contributed by atoms with Crippen molar-refractivity contribution in [2.75, 3.05) is 6.54 Å². The van der Waals surface area contributed by atoms with Gasteiger partial charge in [0.25, 0.3) is 0 Å². The Balaban J connectivity index is 1.55. The summed E-state index contributed by atoms with van der Waals surface area (Å²) in [4.78, 5) is 27.7. The number of rotatable bonds is 14. The molecule has 256 valence electrons. The number of ether oxygens (including phenoxy) is 3. The molecule has 6 nitrogen and oxygen atoms in total. The molecular formula is C39H65NO5. The van der Waals surface area contributed by atoms with E-state index in [1.165, 1.54) is 56.3 Å². The molecule has 0 saturated carbocycles. The molecule has 6 heteroatoms. The van der Waals surface area contributed by atoms with Crippen molar-refractivity contribution in [1.82, 2.24) is 4.90 Å². The van der Waals surface area contributed by atoms with E-state index in [1.54, 1.807) is 0 Å². The van der Waals surface area contributed by atoms with Gasteiger partial charge in [-0.2, -0.15) is 0 Å². The summed E-state index contributed by atoms with van der Waals surface area (Å²) in [5, 5.41) is 0. The third-order valence-electron chi connectivity index (χ3n) is 10.2. The van der Waals surface area contributed by atoms with Crippen LogP contribution >= 0.6 is 0 Å². The maximum atomic E-state index is 13.4. The lowest BCUT2D eigenvalue weighted by atomic mass is 9.83. The Morgan fingerprint density at radius 2 is 1.51 bits per heavy atom. The van der Waals surface area contributed by atoms with Crippen LogP contribution in [0.4, 0.5) is 4.79 Å². The third-order valence-corrected chi connectivity index (χ3v) is 10.2. The first-order valence-electron chi connectivity index (χ1n) is 18.0. The second kappa shape index (κ2) is 16.0. The molecule has 1 aromatic carbocycles. The maximum Gasteiger partial charge on any atom is 0.411 e. The average molecular weight is 628 g/mol. The van der Waals surface area contributed by atoms with Crippen LogP contribution in [-0.4, -0.2) is 40.8 Å². The van der Waals surface area contributed by atoms with Gasteiger partial charge < -0.3 is 14.2 Å². The number of amides is 1. The van der Waals surface area contributed by atoms with Crippen molar-refractivity contribution in [3.63, 3.8) is 0 Å². The summed E-state index contributed by atoms with van der Waals surface area (Å²) in [6, 6.07) is -0.630. The number of hydrogen-bond donors (Lipinski definition) is 0. The molecule has 2 heterocycles. The summed E-state index contributed by atoms with van der Waals surface area (Å²) in [5.41, 5.74) is 3.28. The Labute approximate surface area is 275 Å². The minimum absolute atomic E-state index is 0.183. The van der Waals surface area contributed by atoms with Crippen LogP contribution in [0.15, 0.2) is 0 Å². The van der Waals surface area contributed by atoms with E-state index >= 15 is 0 Å². The van der Waals surface area contributed by atoms with Gasteiger partial charge >= 0.3 is 12.1 Å². The second-order valence-corrected chi connectivity index (χ2v) is 16.2. The highest BCUT2D eigenvalue weighted by Crippen LogP contribution is 2.45. The highest BCUT2D eigenvalue weighted by atomic mass is 16.6. The largest absolute Gasteiger partial charge is 0.487 e. The highest BCUT2D eigenvalue weighted by molar-refractivity contribution is 5.84. The molecule has 4 atom stereocenters. The first kappa shape index (κ1) is 37.2. The smallest absolute Gasteiger partial charge is 0.411 e. The van der Waals surface area contributed by atoms with Gasteiger partial charge in [-0.1, -0.05) is 72.6 Å². The van der Waals surface area contributed by atoms with Gasteiger partial charge in [0.1, 0.15) is 28.7 Å². The molecule has 1 aromatic rings. The van der Waals surface area contributed by atoms with Crippen LogP contribution in [0.1, 0.15) is 155 Å². The molecule has 1 saturated heterocycles. The first-order chi connectivity index (χ1) is 21.0. The molecule has 2 aliphatic rings. The van der Waals surface area contributed by atoms with Crippen LogP contribution in [0, 0.1) is 38.5 Å². The number of fused-ring (bicyclic) bond motifs is 1. The molecule has 0 spiro atoms. The summed E-state index contributed by atoms with van der Waals surface area (Å²) < 4.78 is 18.5. The van der Waals surface area contributed by atoms with Crippen LogP contribution in [0.5, 0.6) is 11.5 Å². The number of nitrogens with zero attached hydrogens (tertiary/aromatic N) is 1. The summed E-state index contributed by atoms with van der Waals surface area (Å²) >= 11 is 0. The summed E-state index contributed by atoms with van der Waals surface area (Å²) in [6.07, 6.45) is 14.3. The van der Waals surface area contributed by atoms with Crippen molar-refractivity contribution in [3.05, 3.63) is 22.3 Å². The number of carbonyl (C=O) groups is 2. The van der Waals surface area contributed by atoms with Crippen LogP contribution in [0.2, 0.25) is 0 Å². The van der Waals surface area contributed by atoms with Gasteiger partial charge in [0.2, 0.25) is 0 Å². The van der Waals surface area contributed by atoms with Gasteiger partial charge in [0.15, 0.2) is 0 Å². The van der Waals surface area contributed by atoms with Crippen molar-refractivity contribution in [2.24, 2.45) is 17.8 Å². The van der Waals surface area contributed by atoms with Gasteiger partial charge in [-0.15, -0.1) is 0 Å². The SMILES string of the molecule is Cc1c(C)c2c(c(C)c1OC(=O)[C@@H]1CCCN1C(=O)OC(C)(C)C)CC[C@@](C)(CCC[C@H](C)CCC[C@H](C)CCCC(C)C)O2. The van der Waals surface area contributed by atoms with E-state index in [2.05, 4.69) is 41.5 Å². The zero-order chi connectivity index (χ0) is 33.5. The molecule has 2 aliphatic heterocycles. The van der Waals surface area contributed by atoms with Crippen molar-refractivity contribution in [2.45, 2.75) is 177 Å². The van der Waals surface area contributed by atoms with Crippen LogP contribution in [0.3, 0.4) is 0 Å². The molecule has 45 heavy (non-hydrogen) atoms. The van der Waals surface area contributed by atoms with Gasteiger partial charge in [-0.05, 0) is 121 Å². The lowest BCUT2D eigenvalue weighted by Gasteiger charge is -2.38. The molecule has 0 aliphatic carbocycles. The van der Waals surface area contributed by atoms with Crippen LogP contribution in [-0.2, 0) is 16.0 Å². The minimum atomic E-state index is -0.630. The highest BCUT2D eigenvalue weighted by Gasteiger charge is 2.39. The average Bonchev–Trinajstić information content (AvgIpc) is 3.43. The molecule has 0 N–H and O–H groups in total. The zero-order valence-corrected chi connectivity index (χ0v) is 30.7. The Morgan fingerprint density at radius 3 is 2.11 bits per heavy atom. The van der Waals surface area contributed by atoms with Crippen LogP contribution in [0.25, 0.3) is 0 Å². The Morgan fingerprint density at radius 1 is 0.911 bits per heavy atom. The second-order valence-electron chi connectivity index (χ2n) is 16.2. The maximum absolute atomic E-state index is 13.4. The number of likely N-dealkylation sites (tertiary alicyclic amines) is 1. The Bertz CT molecular complexity index is 1150. The zero-order valence-electron chi connectivity index (χ0n) is 30.7. The number of benzene rings is 1. The predicted octanol–water partition coefficient (Wildman–Crippen LogP) is 10.4. The molecule has 0 radical (unpaired) electrons. The normalized spacial score (nSPS) is 21.3. The molecule has 0 aromatic heterocycles. The standard InChI is InChI=1S/C39H65NO5/c1-26(2)16-12-17-27(3)18-13-19-28(4)20-14-23-39(11)24-22-32-31(7)34(29(5)30(6)35(32)44-39)43-36(41)33-21-15-25-40(33)37(42)45-38(8,9)10/h26-28,33H,12-25H2,1-11H3/t27-,28-,33+,39-/m1/s1. The van der Waals surface area contributed by atoms with E-state index in [9.17, 15) is 9.59 Å². The van der Waals surface area contributed by atoms with Crippen molar-refractivity contribution < 1.29 is 23.8 Å². The molecule has 1 fully saturated rings. The van der Waals surface area contributed by atoms with Crippen molar-refractivity contribution in [1.29, 1.82) is 0 Å².